The summed E-state index contributed by atoms with van der Waals surface area (Å²) in [5.74, 6) is 0.153. The number of thioether (sulfide) groups is 1. The first-order valence-electron chi connectivity index (χ1n) is 8.52. The van der Waals surface area contributed by atoms with Crippen LogP contribution in [0.25, 0.3) is 16.6 Å². The lowest BCUT2D eigenvalue weighted by Crippen LogP contribution is -2.22. The van der Waals surface area contributed by atoms with Crippen LogP contribution in [0.3, 0.4) is 0 Å². The van der Waals surface area contributed by atoms with Crippen molar-refractivity contribution in [1.29, 1.82) is 0 Å². The predicted molar refractivity (Wildman–Crippen MR) is 108 cm³/mol. The molecule has 0 unspecified atom stereocenters. The van der Waals surface area contributed by atoms with E-state index in [0.717, 1.165) is 11.3 Å². The van der Waals surface area contributed by atoms with Crippen LogP contribution in [0.5, 0.6) is 0 Å². The van der Waals surface area contributed by atoms with E-state index in [-0.39, 0.29) is 17.1 Å². The van der Waals surface area contributed by atoms with E-state index in [0.29, 0.717) is 21.8 Å². The monoisotopic (exact) mass is 375 g/mol. The molecule has 134 valence electrons. The molecule has 0 aliphatic carbocycles. The maximum absolute atomic E-state index is 13.1. The van der Waals surface area contributed by atoms with Gasteiger partial charge in [0, 0.05) is 6.20 Å². The molecule has 0 atom stereocenters. The summed E-state index contributed by atoms with van der Waals surface area (Å²) in [6, 6.07) is 18.5. The number of H-pyrrole nitrogens is 1. The SMILES string of the molecule is Cc1ccc(-n2c(SCC(=O)c3ccc[nH]3)nc3ccccc3c2=O)cc1. The highest BCUT2D eigenvalue weighted by Crippen LogP contribution is 2.22. The number of nitrogens with one attached hydrogen (secondary N) is 1. The van der Waals surface area contributed by atoms with Crippen molar-refractivity contribution in [3.63, 3.8) is 0 Å². The number of Topliss-reactive ketones (excluding diaryl/α,β-unsaturated/α-hetero) is 1. The maximum Gasteiger partial charge on any atom is 0.266 e. The van der Waals surface area contributed by atoms with Crippen LogP contribution in [0.15, 0.2) is 76.8 Å². The molecule has 0 bridgehead atoms. The number of para-hydroxylation sites is 1. The van der Waals surface area contributed by atoms with Gasteiger partial charge in [0.05, 0.1) is 28.0 Å². The van der Waals surface area contributed by atoms with Gasteiger partial charge >= 0.3 is 0 Å². The van der Waals surface area contributed by atoms with Gasteiger partial charge in [0.2, 0.25) is 0 Å². The molecule has 27 heavy (non-hydrogen) atoms. The molecule has 0 aliphatic rings. The van der Waals surface area contributed by atoms with E-state index in [4.69, 9.17) is 0 Å². The Morgan fingerprint density at radius 1 is 1.07 bits per heavy atom. The van der Waals surface area contributed by atoms with Gasteiger partial charge in [-0.3, -0.25) is 14.2 Å². The van der Waals surface area contributed by atoms with E-state index in [9.17, 15) is 9.59 Å². The lowest BCUT2D eigenvalue weighted by molar-refractivity contribution is 0.101. The van der Waals surface area contributed by atoms with E-state index >= 15 is 0 Å². The van der Waals surface area contributed by atoms with E-state index in [1.165, 1.54) is 11.8 Å². The van der Waals surface area contributed by atoms with Crippen molar-refractivity contribution in [3.8, 4) is 5.69 Å². The first-order valence-corrected chi connectivity index (χ1v) is 9.50. The second kappa shape index (κ2) is 7.25. The molecule has 0 fully saturated rings. The fourth-order valence-corrected chi connectivity index (χ4v) is 3.74. The minimum atomic E-state index is -0.140. The van der Waals surface area contributed by atoms with Crippen molar-refractivity contribution >= 4 is 28.4 Å². The Morgan fingerprint density at radius 3 is 2.59 bits per heavy atom. The van der Waals surface area contributed by atoms with Crippen LogP contribution in [0.4, 0.5) is 0 Å². The van der Waals surface area contributed by atoms with Gasteiger partial charge in [-0.25, -0.2) is 4.98 Å². The smallest absolute Gasteiger partial charge is 0.266 e. The quantitative estimate of drug-likeness (QED) is 0.325. The van der Waals surface area contributed by atoms with Crippen LogP contribution in [0.1, 0.15) is 16.1 Å². The molecule has 0 saturated carbocycles. The normalized spacial score (nSPS) is 11.0. The maximum atomic E-state index is 13.1. The number of aryl methyl sites for hydroxylation is 1. The van der Waals surface area contributed by atoms with Gasteiger partial charge in [-0.2, -0.15) is 0 Å². The molecule has 0 saturated heterocycles. The fraction of sp³-hybridized carbons (Fsp3) is 0.0952. The minimum Gasteiger partial charge on any atom is -0.359 e. The number of carbonyl (C=O) groups excluding carboxylic acids is 1. The molecule has 5 nitrogen and oxygen atoms in total. The Bertz CT molecular complexity index is 1160. The summed E-state index contributed by atoms with van der Waals surface area (Å²) in [4.78, 5) is 33.0. The number of hydrogen-bond donors (Lipinski definition) is 1. The number of fused-ring (bicyclic) bond motifs is 1. The Labute approximate surface area is 160 Å². The minimum absolute atomic E-state index is 0.0390. The van der Waals surface area contributed by atoms with E-state index in [2.05, 4.69) is 9.97 Å². The van der Waals surface area contributed by atoms with Crippen LogP contribution in [0, 0.1) is 6.92 Å². The van der Waals surface area contributed by atoms with E-state index < -0.39 is 0 Å². The number of carbonyl (C=O) groups is 1. The lowest BCUT2D eigenvalue weighted by atomic mass is 10.2. The lowest BCUT2D eigenvalue weighted by Gasteiger charge is -2.13. The van der Waals surface area contributed by atoms with Crippen molar-refractivity contribution in [1.82, 2.24) is 14.5 Å². The Balaban J connectivity index is 1.80. The third-order valence-electron chi connectivity index (χ3n) is 4.27. The first-order chi connectivity index (χ1) is 13.1. The van der Waals surface area contributed by atoms with Crippen LogP contribution in [0.2, 0.25) is 0 Å². The molecule has 4 aromatic rings. The highest BCUT2D eigenvalue weighted by molar-refractivity contribution is 7.99. The number of ketones is 1. The summed E-state index contributed by atoms with van der Waals surface area (Å²) in [6.07, 6.45) is 1.72. The Kier molecular flexibility index (Phi) is 4.64. The highest BCUT2D eigenvalue weighted by atomic mass is 32.2. The van der Waals surface area contributed by atoms with E-state index in [1.54, 1.807) is 29.0 Å². The zero-order valence-electron chi connectivity index (χ0n) is 14.7. The number of aromatic nitrogens is 3. The number of rotatable bonds is 5. The van der Waals surface area contributed by atoms with Gasteiger partial charge < -0.3 is 4.98 Å². The molecule has 0 amide bonds. The van der Waals surface area contributed by atoms with Crippen molar-refractivity contribution < 1.29 is 4.79 Å². The summed E-state index contributed by atoms with van der Waals surface area (Å²) in [5.41, 5.74) is 2.88. The van der Waals surface area contributed by atoms with Gasteiger partial charge in [-0.1, -0.05) is 41.6 Å². The van der Waals surface area contributed by atoms with Crippen LogP contribution < -0.4 is 5.56 Å². The summed E-state index contributed by atoms with van der Waals surface area (Å²) in [5, 5.41) is 1.06. The number of benzene rings is 2. The van der Waals surface area contributed by atoms with E-state index in [1.807, 2.05) is 49.4 Å². The average Bonchev–Trinajstić information content (AvgIpc) is 3.22. The topological polar surface area (TPSA) is 67.8 Å². The second-order valence-corrected chi connectivity index (χ2v) is 7.13. The molecule has 0 radical (unpaired) electrons. The molecule has 6 heteroatoms. The molecule has 2 heterocycles. The zero-order chi connectivity index (χ0) is 18.8. The standard InChI is InChI=1S/C21H17N3O2S/c1-14-8-10-15(11-9-14)24-20(26)16-5-2-3-6-17(16)23-21(24)27-13-19(25)18-7-4-12-22-18/h2-12,22H,13H2,1H3. The Hall–Kier alpha value is -3.12. The third-order valence-corrected chi connectivity index (χ3v) is 5.21. The van der Waals surface area contributed by atoms with Gasteiger partial charge in [0.1, 0.15) is 0 Å². The molecular formula is C21H17N3O2S. The summed E-state index contributed by atoms with van der Waals surface area (Å²) < 4.78 is 1.58. The van der Waals surface area contributed by atoms with Crippen molar-refractivity contribution in [2.45, 2.75) is 12.1 Å². The molecule has 2 aromatic heterocycles. The van der Waals surface area contributed by atoms with Gasteiger partial charge in [-0.05, 0) is 43.3 Å². The van der Waals surface area contributed by atoms with Gasteiger partial charge in [0.15, 0.2) is 10.9 Å². The summed E-state index contributed by atoms with van der Waals surface area (Å²) >= 11 is 1.26. The van der Waals surface area contributed by atoms with Crippen LogP contribution in [-0.4, -0.2) is 26.1 Å². The number of aromatic amines is 1. The Morgan fingerprint density at radius 2 is 1.85 bits per heavy atom. The molecule has 0 spiro atoms. The van der Waals surface area contributed by atoms with Crippen LogP contribution >= 0.6 is 11.8 Å². The highest BCUT2D eigenvalue weighted by Gasteiger charge is 2.15. The molecule has 1 N–H and O–H groups in total. The van der Waals surface area contributed by atoms with Crippen molar-refractivity contribution in [2.75, 3.05) is 5.75 Å². The number of hydrogen-bond acceptors (Lipinski definition) is 4. The van der Waals surface area contributed by atoms with Crippen molar-refractivity contribution in [2.24, 2.45) is 0 Å². The molecule has 0 aliphatic heterocycles. The predicted octanol–water partition coefficient (Wildman–Crippen LogP) is 4.00. The molecular weight excluding hydrogens is 358 g/mol. The van der Waals surface area contributed by atoms with Crippen LogP contribution in [-0.2, 0) is 0 Å². The third kappa shape index (κ3) is 3.44. The first kappa shape index (κ1) is 17.3. The van der Waals surface area contributed by atoms with Crippen molar-refractivity contribution in [3.05, 3.63) is 88.5 Å². The van der Waals surface area contributed by atoms with Gasteiger partial charge in [0.25, 0.3) is 5.56 Å². The summed E-state index contributed by atoms with van der Waals surface area (Å²) in [6.45, 7) is 2.00. The molecule has 4 rings (SSSR count). The number of nitrogens with zero attached hydrogens (tertiary/aromatic N) is 2. The second-order valence-electron chi connectivity index (χ2n) is 6.18. The van der Waals surface area contributed by atoms with Gasteiger partial charge in [-0.15, -0.1) is 0 Å². The largest absolute Gasteiger partial charge is 0.359 e. The molecule has 2 aromatic carbocycles. The average molecular weight is 375 g/mol. The zero-order valence-corrected chi connectivity index (χ0v) is 15.5. The summed E-state index contributed by atoms with van der Waals surface area (Å²) in [7, 11) is 0. The fourth-order valence-electron chi connectivity index (χ4n) is 2.84.